The number of nitrogens with one attached hydrogen (secondary N) is 1. The van der Waals surface area contributed by atoms with E-state index < -0.39 is 0 Å². The predicted octanol–water partition coefficient (Wildman–Crippen LogP) is -0.611. The quantitative estimate of drug-likeness (QED) is 0.771. The van der Waals surface area contributed by atoms with Crippen molar-refractivity contribution in [1.29, 1.82) is 0 Å². The zero-order chi connectivity index (χ0) is 13.0. The van der Waals surface area contributed by atoms with Gasteiger partial charge >= 0.3 is 0 Å². The molecule has 2 aromatic rings. The fraction of sp³-hybridized carbons (Fsp3) is 0.500. The standard InChI is InChI=1S/C8H11N7O2S/c1-15-5(10-13-14-15)3-6(16)9-8-12-11-7(18-8)4-17-2/h3-4H2,1-2H3,(H,9,12,16). The van der Waals surface area contributed by atoms with Crippen LogP contribution in [-0.2, 0) is 29.6 Å². The molecule has 0 saturated carbocycles. The number of carbonyl (C=O) groups excluding carboxylic acids is 1. The van der Waals surface area contributed by atoms with Gasteiger partial charge in [-0.05, 0) is 10.4 Å². The molecule has 2 heterocycles. The highest BCUT2D eigenvalue weighted by Crippen LogP contribution is 2.15. The number of hydrogen-bond donors (Lipinski definition) is 1. The average Bonchev–Trinajstić information content (AvgIpc) is 2.90. The topological polar surface area (TPSA) is 108 Å². The zero-order valence-corrected chi connectivity index (χ0v) is 10.6. The van der Waals surface area contributed by atoms with Crippen LogP contribution >= 0.6 is 11.3 Å². The van der Waals surface area contributed by atoms with E-state index in [0.29, 0.717) is 22.6 Å². The van der Waals surface area contributed by atoms with E-state index in [0.717, 1.165) is 0 Å². The molecule has 2 rings (SSSR count). The molecule has 9 nitrogen and oxygen atoms in total. The van der Waals surface area contributed by atoms with E-state index in [2.05, 4.69) is 31.0 Å². The Balaban J connectivity index is 1.92. The Bertz CT molecular complexity index is 537. The highest BCUT2D eigenvalue weighted by atomic mass is 32.1. The minimum atomic E-state index is -0.243. The van der Waals surface area contributed by atoms with E-state index in [-0.39, 0.29) is 12.3 Å². The molecule has 0 radical (unpaired) electrons. The van der Waals surface area contributed by atoms with Crippen molar-refractivity contribution in [3.63, 3.8) is 0 Å². The first-order valence-corrected chi connectivity index (χ1v) is 5.83. The summed E-state index contributed by atoms with van der Waals surface area (Å²) in [5.74, 6) is 0.238. The van der Waals surface area contributed by atoms with Crippen LogP contribution in [0.15, 0.2) is 0 Å². The van der Waals surface area contributed by atoms with Gasteiger partial charge in [-0.15, -0.1) is 15.3 Å². The summed E-state index contributed by atoms with van der Waals surface area (Å²) in [6.45, 7) is 0.376. The number of rotatable bonds is 5. The lowest BCUT2D eigenvalue weighted by Crippen LogP contribution is -2.17. The lowest BCUT2D eigenvalue weighted by atomic mass is 10.4. The van der Waals surface area contributed by atoms with Crippen molar-refractivity contribution in [3.05, 3.63) is 10.8 Å². The fourth-order valence-electron chi connectivity index (χ4n) is 1.19. The molecule has 0 atom stereocenters. The van der Waals surface area contributed by atoms with Gasteiger partial charge in [0.2, 0.25) is 11.0 Å². The molecule has 2 aromatic heterocycles. The van der Waals surface area contributed by atoms with E-state index in [9.17, 15) is 4.79 Å². The lowest BCUT2D eigenvalue weighted by molar-refractivity contribution is -0.115. The molecule has 0 aliphatic carbocycles. The second kappa shape index (κ2) is 5.60. The first kappa shape index (κ1) is 12.5. The largest absolute Gasteiger partial charge is 0.377 e. The summed E-state index contributed by atoms with van der Waals surface area (Å²) < 4.78 is 6.35. The molecule has 0 aromatic carbocycles. The van der Waals surface area contributed by atoms with Crippen molar-refractivity contribution >= 4 is 22.4 Å². The van der Waals surface area contributed by atoms with Crippen LogP contribution in [0.2, 0.25) is 0 Å². The SMILES string of the molecule is COCc1nnc(NC(=O)Cc2nnnn2C)s1. The number of aromatic nitrogens is 6. The second-order valence-corrected chi connectivity index (χ2v) is 4.44. The van der Waals surface area contributed by atoms with E-state index in [1.165, 1.54) is 16.0 Å². The third-order valence-corrected chi connectivity index (χ3v) is 2.82. The van der Waals surface area contributed by atoms with E-state index >= 15 is 0 Å². The van der Waals surface area contributed by atoms with Crippen LogP contribution in [0.1, 0.15) is 10.8 Å². The van der Waals surface area contributed by atoms with Crippen LogP contribution in [-0.4, -0.2) is 43.4 Å². The summed E-state index contributed by atoms with van der Waals surface area (Å²) in [6.07, 6.45) is 0.0860. The highest BCUT2D eigenvalue weighted by Gasteiger charge is 2.12. The van der Waals surface area contributed by atoms with Crippen molar-refractivity contribution in [2.24, 2.45) is 7.05 Å². The van der Waals surface area contributed by atoms with E-state index in [1.54, 1.807) is 14.2 Å². The Labute approximate surface area is 106 Å². The average molecular weight is 269 g/mol. The van der Waals surface area contributed by atoms with Crippen LogP contribution in [0.25, 0.3) is 0 Å². The monoisotopic (exact) mass is 269 g/mol. The summed E-state index contributed by atoms with van der Waals surface area (Å²) in [5, 5.41) is 22.3. The van der Waals surface area contributed by atoms with Gasteiger partial charge in [-0.25, -0.2) is 4.68 Å². The van der Waals surface area contributed by atoms with Gasteiger partial charge in [-0.1, -0.05) is 11.3 Å². The van der Waals surface area contributed by atoms with Gasteiger partial charge < -0.3 is 10.1 Å². The number of nitrogens with zero attached hydrogens (tertiary/aromatic N) is 6. The fourth-order valence-corrected chi connectivity index (χ4v) is 1.92. The molecular formula is C8H11N7O2S. The second-order valence-electron chi connectivity index (χ2n) is 3.38. The number of aryl methyl sites for hydroxylation is 1. The molecule has 10 heteroatoms. The summed E-state index contributed by atoms with van der Waals surface area (Å²) in [4.78, 5) is 11.7. The van der Waals surface area contributed by atoms with Gasteiger partial charge in [-0.3, -0.25) is 4.79 Å². The third-order valence-electron chi connectivity index (χ3n) is 2.01. The van der Waals surface area contributed by atoms with E-state index in [1.807, 2.05) is 0 Å². The van der Waals surface area contributed by atoms with Crippen molar-refractivity contribution in [2.75, 3.05) is 12.4 Å². The summed E-state index contributed by atoms with van der Waals surface area (Å²) >= 11 is 1.26. The first-order chi connectivity index (χ1) is 8.69. The van der Waals surface area contributed by atoms with Crippen LogP contribution in [0.4, 0.5) is 5.13 Å². The number of tetrazole rings is 1. The minimum Gasteiger partial charge on any atom is -0.377 e. The van der Waals surface area contributed by atoms with Crippen molar-refractivity contribution < 1.29 is 9.53 Å². The number of anilines is 1. The molecule has 1 amide bonds. The van der Waals surface area contributed by atoms with Crippen LogP contribution in [0.5, 0.6) is 0 Å². The maximum absolute atomic E-state index is 11.7. The molecule has 0 aliphatic heterocycles. The Kier molecular flexibility index (Phi) is 3.89. The molecule has 0 spiro atoms. The highest BCUT2D eigenvalue weighted by molar-refractivity contribution is 7.15. The molecule has 0 bridgehead atoms. The molecule has 18 heavy (non-hydrogen) atoms. The Morgan fingerprint density at radius 1 is 1.44 bits per heavy atom. The van der Waals surface area contributed by atoms with Gasteiger partial charge in [0.05, 0.1) is 6.42 Å². The summed E-state index contributed by atoms with van der Waals surface area (Å²) in [7, 11) is 3.24. The van der Waals surface area contributed by atoms with Gasteiger partial charge in [0.25, 0.3) is 0 Å². The van der Waals surface area contributed by atoms with Crippen LogP contribution in [0, 0.1) is 0 Å². The van der Waals surface area contributed by atoms with Crippen LogP contribution in [0.3, 0.4) is 0 Å². The molecule has 96 valence electrons. The Morgan fingerprint density at radius 3 is 2.94 bits per heavy atom. The smallest absolute Gasteiger partial charge is 0.233 e. The Morgan fingerprint density at radius 2 is 2.28 bits per heavy atom. The molecule has 1 N–H and O–H groups in total. The van der Waals surface area contributed by atoms with Crippen molar-refractivity contribution in [2.45, 2.75) is 13.0 Å². The normalized spacial score (nSPS) is 10.6. The number of ether oxygens (including phenoxy) is 1. The van der Waals surface area contributed by atoms with E-state index in [4.69, 9.17) is 4.74 Å². The summed E-state index contributed by atoms with van der Waals surface area (Å²) in [6, 6.07) is 0. The number of carbonyl (C=O) groups is 1. The number of hydrogen-bond acceptors (Lipinski definition) is 8. The minimum absolute atomic E-state index is 0.0860. The first-order valence-electron chi connectivity index (χ1n) is 5.01. The van der Waals surface area contributed by atoms with Crippen molar-refractivity contribution in [1.82, 2.24) is 30.4 Å². The van der Waals surface area contributed by atoms with Gasteiger partial charge in [-0.2, -0.15) is 0 Å². The maximum atomic E-state index is 11.7. The van der Waals surface area contributed by atoms with Gasteiger partial charge in [0.15, 0.2) is 5.82 Å². The molecule has 0 saturated heterocycles. The molecule has 0 aliphatic rings. The third kappa shape index (κ3) is 3.05. The van der Waals surface area contributed by atoms with Gasteiger partial charge in [0, 0.05) is 14.2 Å². The maximum Gasteiger partial charge on any atom is 0.233 e. The van der Waals surface area contributed by atoms with Gasteiger partial charge in [0.1, 0.15) is 11.6 Å². The van der Waals surface area contributed by atoms with Crippen molar-refractivity contribution in [3.8, 4) is 0 Å². The predicted molar refractivity (Wildman–Crippen MR) is 61.8 cm³/mol. The molecular weight excluding hydrogens is 258 g/mol. The Hall–Kier alpha value is -1.94. The van der Waals surface area contributed by atoms with Crippen LogP contribution < -0.4 is 5.32 Å². The number of methoxy groups -OCH3 is 1. The zero-order valence-electron chi connectivity index (χ0n) is 9.82. The lowest BCUT2D eigenvalue weighted by Gasteiger charge is -1.99. The summed E-state index contributed by atoms with van der Waals surface area (Å²) in [5.41, 5.74) is 0. The number of amides is 1. The molecule has 0 fully saturated rings. The molecule has 0 unspecified atom stereocenters.